The van der Waals surface area contributed by atoms with E-state index in [4.69, 9.17) is 0 Å². The molecule has 1 fully saturated rings. The van der Waals surface area contributed by atoms with Crippen LogP contribution in [0.1, 0.15) is 47.0 Å². The molecule has 110 valence electrons. The van der Waals surface area contributed by atoms with Gasteiger partial charge < -0.3 is 5.32 Å². The zero-order valence-corrected chi connectivity index (χ0v) is 13.9. The molecule has 4 heteroatoms. The van der Waals surface area contributed by atoms with E-state index >= 15 is 0 Å². The van der Waals surface area contributed by atoms with Crippen molar-refractivity contribution in [3.8, 4) is 0 Å². The summed E-state index contributed by atoms with van der Waals surface area (Å²) < 4.78 is 0. The van der Waals surface area contributed by atoms with E-state index in [1.165, 1.54) is 19.3 Å². The van der Waals surface area contributed by atoms with Gasteiger partial charge in [-0.15, -0.1) is 0 Å². The van der Waals surface area contributed by atoms with Crippen LogP contribution in [-0.2, 0) is 0 Å². The lowest BCUT2D eigenvalue weighted by Crippen LogP contribution is -2.40. The van der Waals surface area contributed by atoms with Gasteiger partial charge in [0.1, 0.15) is 0 Å². The first-order valence-corrected chi connectivity index (χ1v) is 8.40. The molecule has 0 radical (unpaired) electrons. The SMILES string of the molecule is CC(CNC1=NCC(CC(C)(C)C)S1)N(C)C1CC1. The minimum absolute atomic E-state index is 0.405. The number of rotatable bonds is 5. The van der Waals surface area contributed by atoms with Crippen LogP contribution in [0, 0.1) is 5.41 Å². The molecule has 0 bridgehead atoms. The van der Waals surface area contributed by atoms with Crippen LogP contribution < -0.4 is 5.32 Å². The number of nitrogens with one attached hydrogen (secondary N) is 1. The fourth-order valence-corrected chi connectivity index (χ4v) is 3.89. The minimum atomic E-state index is 0.405. The third-order valence-corrected chi connectivity index (χ3v) is 5.07. The molecule has 2 aliphatic rings. The van der Waals surface area contributed by atoms with E-state index in [1.54, 1.807) is 0 Å². The highest BCUT2D eigenvalue weighted by Crippen LogP contribution is 2.31. The van der Waals surface area contributed by atoms with E-state index in [-0.39, 0.29) is 0 Å². The Balaban J connectivity index is 1.67. The number of aliphatic imine (C=N–C) groups is 1. The first-order chi connectivity index (χ1) is 8.85. The molecule has 19 heavy (non-hydrogen) atoms. The van der Waals surface area contributed by atoms with Gasteiger partial charge in [0, 0.05) is 23.9 Å². The van der Waals surface area contributed by atoms with Crippen LogP contribution in [0.3, 0.4) is 0 Å². The summed E-state index contributed by atoms with van der Waals surface area (Å²) in [5.41, 5.74) is 0.405. The summed E-state index contributed by atoms with van der Waals surface area (Å²) in [6.07, 6.45) is 4.00. The van der Waals surface area contributed by atoms with Gasteiger partial charge in [0.25, 0.3) is 0 Å². The first-order valence-electron chi connectivity index (χ1n) is 7.52. The van der Waals surface area contributed by atoms with Crippen molar-refractivity contribution >= 4 is 16.9 Å². The molecule has 0 amide bonds. The molecule has 2 atom stereocenters. The van der Waals surface area contributed by atoms with Crippen molar-refractivity contribution in [2.24, 2.45) is 10.4 Å². The molecule has 3 nitrogen and oxygen atoms in total. The van der Waals surface area contributed by atoms with Crippen LogP contribution in [0.15, 0.2) is 4.99 Å². The number of likely N-dealkylation sites (N-methyl/N-ethyl adjacent to an activating group) is 1. The predicted octanol–water partition coefficient (Wildman–Crippen LogP) is 2.97. The topological polar surface area (TPSA) is 27.6 Å². The highest BCUT2D eigenvalue weighted by molar-refractivity contribution is 8.14. The molecule has 2 unspecified atom stereocenters. The molecule has 0 aromatic rings. The average Bonchev–Trinajstić information content (AvgIpc) is 3.06. The summed E-state index contributed by atoms with van der Waals surface area (Å²) in [5, 5.41) is 5.36. The largest absolute Gasteiger partial charge is 0.363 e. The fourth-order valence-electron chi connectivity index (χ4n) is 2.52. The van der Waals surface area contributed by atoms with Crippen molar-refractivity contribution in [1.29, 1.82) is 0 Å². The number of thioether (sulfide) groups is 1. The third-order valence-electron chi connectivity index (χ3n) is 3.92. The zero-order chi connectivity index (χ0) is 14.0. The zero-order valence-electron chi connectivity index (χ0n) is 13.1. The average molecular weight is 283 g/mol. The van der Waals surface area contributed by atoms with Crippen molar-refractivity contribution in [3.63, 3.8) is 0 Å². The van der Waals surface area contributed by atoms with Crippen LogP contribution in [-0.4, -0.2) is 47.5 Å². The van der Waals surface area contributed by atoms with Crippen LogP contribution in [0.25, 0.3) is 0 Å². The monoisotopic (exact) mass is 283 g/mol. The predicted molar refractivity (Wildman–Crippen MR) is 86.0 cm³/mol. The second-order valence-corrected chi connectivity index (χ2v) is 8.57. The van der Waals surface area contributed by atoms with Gasteiger partial charge in [0.15, 0.2) is 5.17 Å². The van der Waals surface area contributed by atoms with Gasteiger partial charge >= 0.3 is 0 Å². The van der Waals surface area contributed by atoms with Crippen molar-refractivity contribution < 1.29 is 0 Å². The molecule has 0 saturated heterocycles. The Labute approximate surface area is 122 Å². The van der Waals surface area contributed by atoms with Gasteiger partial charge in [0.05, 0.1) is 6.54 Å². The van der Waals surface area contributed by atoms with Gasteiger partial charge in [-0.05, 0) is 38.6 Å². The van der Waals surface area contributed by atoms with E-state index in [2.05, 4.69) is 50.0 Å². The normalized spacial score (nSPS) is 25.6. The number of nitrogens with zero attached hydrogens (tertiary/aromatic N) is 2. The minimum Gasteiger partial charge on any atom is -0.363 e. The molecule has 0 aromatic carbocycles. The molecule has 1 saturated carbocycles. The molecule has 1 heterocycles. The smallest absolute Gasteiger partial charge is 0.156 e. The second kappa shape index (κ2) is 6.04. The Bertz CT molecular complexity index is 331. The molecule has 1 N–H and O–H groups in total. The number of hydrogen-bond acceptors (Lipinski definition) is 4. The maximum atomic E-state index is 4.64. The third kappa shape index (κ3) is 4.99. The summed E-state index contributed by atoms with van der Waals surface area (Å²) >= 11 is 1.94. The van der Waals surface area contributed by atoms with E-state index in [0.29, 0.717) is 16.7 Å². The maximum absolute atomic E-state index is 4.64. The van der Waals surface area contributed by atoms with Crippen LogP contribution in [0.2, 0.25) is 0 Å². The summed E-state index contributed by atoms with van der Waals surface area (Å²) in [6, 6.07) is 1.43. The lowest BCUT2D eigenvalue weighted by Gasteiger charge is -2.25. The molecule has 1 aliphatic heterocycles. The lowest BCUT2D eigenvalue weighted by molar-refractivity contribution is 0.248. The van der Waals surface area contributed by atoms with Crippen molar-refractivity contribution in [3.05, 3.63) is 0 Å². The maximum Gasteiger partial charge on any atom is 0.156 e. The van der Waals surface area contributed by atoms with E-state index < -0.39 is 0 Å². The van der Waals surface area contributed by atoms with Crippen LogP contribution in [0.5, 0.6) is 0 Å². The van der Waals surface area contributed by atoms with Crippen LogP contribution in [0.4, 0.5) is 0 Å². The van der Waals surface area contributed by atoms with Gasteiger partial charge in [0.2, 0.25) is 0 Å². The van der Waals surface area contributed by atoms with Gasteiger partial charge in [-0.1, -0.05) is 32.5 Å². The van der Waals surface area contributed by atoms with Gasteiger partial charge in [-0.2, -0.15) is 0 Å². The summed E-state index contributed by atoms with van der Waals surface area (Å²) in [6.45, 7) is 11.2. The summed E-state index contributed by atoms with van der Waals surface area (Å²) in [5.74, 6) is 0. The van der Waals surface area contributed by atoms with E-state index in [9.17, 15) is 0 Å². The van der Waals surface area contributed by atoms with Gasteiger partial charge in [-0.3, -0.25) is 9.89 Å². The van der Waals surface area contributed by atoms with Gasteiger partial charge in [-0.25, -0.2) is 0 Å². The van der Waals surface area contributed by atoms with Crippen molar-refractivity contribution in [1.82, 2.24) is 10.2 Å². The molecule has 0 spiro atoms. The van der Waals surface area contributed by atoms with E-state index in [0.717, 1.165) is 24.3 Å². The van der Waals surface area contributed by atoms with Crippen molar-refractivity contribution in [2.75, 3.05) is 20.1 Å². The molecule has 0 aromatic heterocycles. The lowest BCUT2D eigenvalue weighted by atomic mass is 9.90. The number of hydrogen-bond donors (Lipinski definition) is 1. The molecule has 1 aliphatic carbocycles. The second-order valence-electron chi connectivity index (χ2n) is 7.28. The Morgan fingerprint density at radius 3 is 2.68 bits per heavy atom. The first kappa shape index (κ1) is 15.2. The standard InChI is InChI=1S/C15H29N3S/c1-11(18(5)12-6-7-12)9-16-14-17-10-13(19-14)8-15(2,3)4/h11-13H,6-10H2,1-5H3,(H,16,17). The fraction of sp³-hybridized carbons (Fsp3) is 0.933. The molecular weight excluding hydrogens is 254 g/mol. The Kier molecular flexibility index (Phi) is 4.83. The highest BCUT2D eigenvalue weighted by atomic mass is 32.2. The van der Waals surface area contributed by atoms with Crippen molar-refractivity contribution in [2.45, 2.75) is 64.3 Å². The molecule has 2 rings (SSSR count). The summed E-state index contributed by atoms with van der Waals surface area (Å²) in [4.78, 5) is 7.14. The number of amidine groups is 1. The Morgan fingerprint density at radius 1 is 1.42 bits per heavy atom. The Morgan fingerprint density at radius 2 is 2.11 bits per heavy atom. The van der Waals surface area contributed by atoms with Crippen LogP contribution >= 0.6 is 11.8 Å². The summed E-state index contributed by atoms with van der Waals surface area (Å²) in [7, 11) is 2.25. The van der Waals surface area contributed by atoms with E-state index in [1.807, 2.05) is 11.8 Å². The quantitative estimate of drug-likeness (QED) is 0.840. The Hall–Kier alpha value is -0.220. The molecular formula is C15H29N3S. The highest BCUT2D eigenvalue weighted by Gasteiger charge is 2.29.